The van der Waals surface area contributed by atoms with Crippen LogP contribution in [0.3, 0.4) is 0 Å². The van der Waals surface area contributed by atoms with Gasteiger partial charge in [0.1, 0.15) is 0 Å². The molecule has 0 spiro atoms. The van der Waals surface area contributed by atoms with Gasteiger partial charge < -0.3 is 10.4 Å². The number of benzene rings is 4. The van der Waals surface area contributed by atoms with Crippen molar-refractivity contribution in [3.63, 3.8) is 0 Å². The van der Waals surface area contributed by atoms with E-state index in [1.54, 1.807) is 6.92 Å². The van der Waals surface area contributed by atoms with E-state index in [0.29, 0.717) is 41.1 Å². The highest BCUT2D eigenvalue weighted by molar-refractivity contribution is 6.02. The Morgan fingerprint density at radius 2 is 0.788 bits per heavy atom. The van der Waals surface area contributed by atoms with Crippen molar-refractivity contribution in [2.75, 3.05) is 0 Å². The van der Waals surface area contributed by atoms with Crippen LogP contribution in [0.15, 0.2) is 78.0 Å². The number of alkyl halides is 14. The zero-order chi connectivity index (χ0) is 50.3. The highest BCUT2D eigenvalue weighted by Gasteiger charge is 2.74. The maximum absolute atomic E-state index is 14.5. The predicted molar refractivity (Wildman–Crippen MR) is 217 cm³/mol. The number of oxime groups is 1. The van der Waals surface area contributed by atoms with Gasteiger partial charge in [-0.05, 0) is 79.5 Å². The lowest BCUT2D eigenvalue weighted by Crippen LogP contribution is -2.50. The SMILES string of the molecule is CCc1cc(C(F)(C(F)(F)F)C(F)(F)F)cc(C)c1CC(=O)c1ccc(/C(C)=N/O)cc1.CCc1cc(C(F)(C(F)(F)F)C(F)(F)F)cc(C)c1CC(=O)c1ccc(C(C)=O)cc1.Cl.NO. The number of nitrogens with zero attached hydrogens (tertiary/aromatic N) is 1. The number of aryl methyl sites for hydroxylation is 4. The first-order valence-electron chi connectivity index (χ1n) is 18.9. The van der Waals surface area contributed by atoms with E-state index in [9.17, 15) is 75.8 Å². The molecule has 0 radical (unpaired) electrons. The molecule has 4 aromatic rings. The lowest BCUT2D eigenvalue weighted by molar-refractivity contribution is -0.349. The van der Waals surface area contributed by atoms with Gasteiger partial charge in [0.15, 0.2) is 17.3 Å². The highest BCUT2D eigenvalue weighted by atomic mass is 35.5. The first-order chi connectivity index (χ1) is 29.8. The molecule has 0 atom stereocenters. The van der Waals surface area contributed by atoms with E-state index in [4.69, 9.17) is 10.4 Å². The molecular formula is C44H43ClF14N2O5. The molecule has 4 rings (SSSR count). The van der Waals surface area contributed by atoms with Crippen LogP contribution in [0.4, 0.5) is 61.5 Å². The van der Waals surface area contributed by atoms with Gasteiger partial charge in [-0.2, -0.15) is 52.7 Å². The van der Waals surface area contributed by atoms with E-state index in [1.807, 2.05) is 0 Å². The van der Waals surface area contributed by atoms with E-state index in [1.165, 1.54) is 83.1 Å². The molecule has 4 aromatic carbocycles. The quantitative estimate of drug-likeness (QED) is 0.0426. The third-order valence-electron chi connectivity index (χ3n) is 10.3. The Bertz CT molecular complexity index is 2330. The Labute approximate surface area is 375 Å². The number of hydrogen-bond donors (Lipinski definition) is 3. The number of carbonyl (C=O) groups excluding carboxylic acids is 3. The predicted octanol–water partition coefficient (Wildman–Crippen LogP) is 12.7. The molecule has 0 saturated heterocycles. The lowest BCUT2D eigenvalue weighted by atomic mass is 9.86. The van der Waals surface area contributed by atoms with Crippen molar-refractivity contribution in [3.8, 4) is 0 Å². The number of carbonyl (C=O) groups is 3. The van der Waals surface area contributed by atoms with E-state index < -0.39 is 58.7 Å². The fourth-order valence-electron chi connectivity index (χ4n) is 6.66. The van der Waals surface area contributed by atoms with Gasteiger partial charge in [0.05, 0.1) is 5.71 Å². The van der Waals surface area contributed by atoms with Crippen LogP contribution in [-0.2, 0) is 37.0 Å². The maximum atomic E-state index is 14.5. The zero-order valence-corrected chi connectivity index (χ0v) is 36.4. The zero-order valence-electron chi connectivity index (χ0n) is 35.6. The van der Waals surface area contributed by atoms with Crippen LogP contribution < -0.4 is 5.90 Å². The molecule has 0 unspecified atom stereocenters. The van der Waals surface area contributed by atoms with Crippen LogP contribution >= 0.6 is 12.4 Å². The standard InChI is InChI=1S/C22H20F7NO2.C22H19F7O2.ClH.H3NO/c1-4-14-10-17(20(23,21(24,25)26)22(27,28)29)9-12(2)18(14)11-19(31)16-7-5-15(6-8-16)13(3)30-32;1-4-14-10-17(20(23,21(24,25)26)22(27,28)29)9-12(2)18(14)11-19(31)16-7-5-15(6-8-16)13(3)30;;1-2/h5-10,32H,4,11H2,1-3H3;5-10H,4,11H2,1-3H3;1H;2H,1H2/b30-13+;;;. The van der Waals surface area contributed by atoms with Crippen molar-refractivity contribution in [1.82, 2.24) is 0 Å². The summed E-state index contributed by atoms with van der Waals surface area (Å²) in [5, 5.41) is 18.3. The molecule has 4 N–H and O–H groups in total. The fraction of sp³-hybridized carbons (Fsp3) is 0.364. The largest absolute Gasteiger partial charge is 0.435 e. The maximum Gasteiger partial charge on any atom is 0.435 e. The molecule has 0 aliphatic carbocycles. The van der Waals surface area contributed by atoms with Gasteiger partial charge >= 0.3 is 36.0 Å². The van der Waals surface area contributed by atoms with Gasteiger partial charge in [0, 0.05) is 40.7 Å². The van der Waals surface area contributed by atoms with Crippen LogP contribution in [0.5, 0.6) is 0 Å². The molecule has 0 aromatic heterocycles. The first-order valence-corrected chi connectivity index (χ1v) is 18.9. The Kier molecular flexibility index (Phi) is 19.9. The summed E-state index contributed by atoms with van der Waals surface area (Å²) in [6.07, 6.45) is -25.4. The smallest absolute Gasteiger partial charge is 0.411 e. The molecule has 7 nitrogen and oxygen atoms in total. The molecule has 364 valence electrons. The van der Waals surface area contributed by atoms with Crippen molar-refractivity contribution in [1.29, 1.82) is 0 Å². The number of ketones is 3. The molecule has 0 heterocycles. The molecule has 0 aliphatic rings. The van der Waals surface area contributed by atoms with Crippen molar-refractivity contribution in [2.45, 2.75) is 103 Å². The van der Waals surface area contributed by atoms with Crippen LogP contribution in [0.2, 0.25) is 0 Å². The monoisotopic (exact) mass is 980 g/mol. The second-order valence-electron chi connectivity index (χ2n) is 14.5. The summed E-state index contributed by atoms with van der Waals surface area (Å²) >= 11 is 0. The Balaban J connectivity index is 0.000000627. The molecular weight excluding hydrogens is 938 g/mol. The summed E-state index contributed by atoms with van der Waals surface area (Å²) in [7, 11) is 0. The number of Topliss-reactive ketones (excluding diaryl/α,β-unsaturated/α-hetero) is 3. The second-order valence-corrected chi connectivity index (χ2v) is 14.5. The summed E-state index contributed by atoms with van der Waals surface area (Å²) in [5.41, 5.74) is -12.1. The normalized spacial score (nSPS) is 12.5. The van der Waals surface area contributed by atoms with E-state index >= 15 is 0 Å². The topological polar surface area (TPSA) is 130 Å². The van der Waals surface area contributed by atoms with E-state index in [0.717, 1.165) is 0 Å². The average Bonchev–Trinajstić information content (AvgIpc) is 3.23. The lowest BCUT2D eigenvalue weighted by Gasteiger charge is -2.31. The number of halogens is 15. The number of rotatable bonds is 12. The molecule has 0 fully saturated rings. The van der Waals surface area contributed by atoms with Gasteiger partial charge in [0.2, 0.25) is 0 Å². The minimum Gasteiger partial charge on any atom is -0.411 e. The first kappa shape index (κ1) is 58.6. The average molecular weight is 981 g/mol. The summed E-state index contributed by atoms with van der Waals surface area (Å²) in [6, 6.07) is 13.7. The third kappa shape index (κ3) is 12.5. The summed E-state index contributed by atoms with van der Waals surface area (Å²) in [6.45, 7) is 8.33. The molecule has 0 amide bonds. The van der Waals surface area contributed by atoms with E-state index in [-0.39, 0.29) is 88.4 Å². The molecule has 0 bridgehead atoms. The number of hydrogen-bond acceptors (Lipinski definition) is 7. The summed E-state index contributed by atoms with van der Waals surface area (Å²) in [5.74, 6) is 2.42. The van der Waals surface area contributed by atoms with Crippen LogP contribution in [0.1, 0.15) is 109 Å². The van der Waals surface area contributed by atoms with Gasteiger partial charge in [-0.1, -0.05) is 91.8 Å². The van der Waals surface area contributed by atoms with Crippen molar-refractivity contribution < 1.29 is 86.3 Å². The Hall–Kier alpha value is -5.41. The van der Waals surface area contributed by atoms with Gasteiger partial charge in [0.25, 0.3) is 0 Å². The van der Waals surface area contributed by atoms with Crippen LogP contribution in [0, 0.1) is 13.8 Å². The minimum atomic E-state index is -6.21. The Morgan fingerprint density at radius 1 is 0.515 bits per heavy atom. The van der Waals surface area contributed by atoms with Crippen LogP contribution in [-0.4, -0.2) is 58.2 Å². The molecule has 0 saturated carbocycles. The molecule has 22 heteroatoms. The van der Waals surface area contributed by atoms with Gasteiger partial charge in [-0.25, -0.2) is 14.7 Å². The highest BCUT2D eigenvalue weighted by Crippen LogP contribution is 2.55. The summed E-state index contributed by atoms with van der Waals surface area (Å²) < 4.78 is 186. The Morgan fingerprint density at radius 3 is 1.03 bits per heavy atom. The van der Waals surface area contributed by atoms with Gasteiger partial charge in [-0.15, -0.1) is 12.4 Å². The van der Waals surface area contributed by atoms with Crippen molar-refractivity contribution >= 4 is 35.5 Å². The fourth-order valence-corrected chi connectivity index (χ4v) is 6.66. The van der Waals surface area contributed by atoms with Gasteiger partial charge in [-0.3, -0.25) is 14.4 Å². The molecule has 66 heavy (non-hydrogen) atoms. The summed E-state index contributed by atoms with van der Waals surface area (Å²) in [4.78, 5) is 36.6. The van der Waals surface area contributed by atoms with Crippen molar-refractivity contribution in [2.24, 2.45) is 11.1 Å². The number of nitrogens with two attached hydrogens (primary N) is 1. The second kappa shape index (κ2) is 22.4. The molecule has 0 aliphatic heterocycles. The van der Waals surface area contributed by atoms with Crippen LogP contribution in [0.25, 0.3) is 0 Å². The third-order valence-corrected chi connectivity index (χ3v) is 10.3. The minimum absolute atomic E-state index is 0. The van der Waals surface area contributed by atoms with E-state index in [2.05, 4.69) is 11.1 Å². The van der Waals surface area contributed by atoms with Crippen molar-refractivity contribution in [3.05, 3.63) is 140 Å².